The highest BCUT2D eigenvalue weighted by atomic mass is 31.2. The normalized spacial score (nSPS) is 14.9. The molecule has 0 aliphatic rings. The molecule has 5 nitrogen and oxygen atoms in total. The van der Waals surface area contributed by atoms with E-state index in [-0.39, 0.29) is 24.6 Å². The summed E-state index contributed by atoms with van der Waals surface area (Å²) < 4.78 is 15.2. The third-order valence-electron chi connectivity index (χ3n) is 1.51. The summed E-state index contributed by atoms with van der Waals surface area (Å²) in [4.78, 5) is 19.2. The monoisotopic (exact) mass is 208 g/mol. The molecule has 0 spiro atoms. The average Bonchev–Trinajstić information content (AvgIpc) is 2.04. The van der Waals surface area contributed by atoms with Crippen LogP contribution >= 0.6 is 7.60 Å². The van der Waals surface area contributed by atoms with E-state index in [1.807, 2.05) is 0 Å². The third-order valence-corrected chi connectivity index (χ3v) is 2.96. The zero-order chi connectivity index (χ0) is 10.5. The van der Waals surface area contributed by atoms with Gasteiger partial charge in [0.1, 0.15) is 0 Å². The van der Waals surface area contributed by atoms with Crippen LogP contribution in [0.4, 0.5) is 0 Å². The maximum atomic E-state index is 10.9. The van der Waals surface area contributed by atoms with Crippen molar-refractivity contribution in [2.24, 2.45) is 0 Å². The minimum atomic E-state index is -3.49. The molecule has 0 fully saturated rings. The lowest BCUT2D eigenvalue weighted by Gasteiger charge is -2.07. The second kappa shape index (κ2) is 5.17. The van der Waals surface area contributed by atoms with Gasteiger partial charge in [-0.3, -0.25) is 4.57 Å². The maximum Gasteiger partial charge on any atom is 0.330 e. The molecule has 0 aliphatic heterocycles. The molecule has 0 aromatic heterocycles. The molecule has 0 saturated heterocycles. The summed E-state index contributed by atoms with van der Waals surface area (Å²) in [6.07, 6.45) is 0.436. The summed E-state index contributed by atoms with van der Waals surface area (Å²) in [6, 6.07) is 0. The molecule has 0 aromatic carbocycles. The van der Waals surface area contributed by atoms with Crippen LogP contribution in [0.15, 0.2) is 12.2 Å². The van der Waals surface area contributed by atoms with Crippen LogP contribution in [0.1, 0.15) is 12.8 Å². The first-order valence-corrected chi connectivity index (χ1v) is 5.44. The quantitative estimate of drug-likeness (QED) is 0.506. The minimum Gasteiger partial charge on any atom is -0.478 e. The Hall–Kier alpha value is -0.640. The van der Waals surface area contributed by atoms with Crippen LogP contribution in [0.2, 0.25) is 0 Å². The van der Waals surface area contributed by atoms with E-state index in [4.69, 9.17) is 10.00 Å². The van der Waals surface area contributed by atoms with Crippen LogP contribution in [0.3, 0.4) is 0 Å². The number of hydrogen-bond donors (Lipinski definition) is 2. The van der Waals surface area contributed by atoms with E-state index in [2.05, 4.69) is 11.1 Å². The number of aliphatic carboxylic acids is 1. The Kier molecular flexibility index (Phi) is 4.91. The van der Waals surface area contributed by atoms with Gasteiger partial charge in [-0.05, 0) is 12.8 Å². The molecule has 6 heteroatoms. The molecule has 0 bridgehead atoms. The molecule has 0 aliphatic carbocycles. The summed E-state index contributed by atoms with van der Waals surface area (Å²) in [5.41, 5.74) is 0.0381. The minimum absolute atomic E-state index is 0.0381. The highest BCUT2D eigenvalue weighted by Gasteiger charge is 2.16. The summed E-state index contributed by atoms with van der Waals surface area (Å²) in [5, 5.41) is 8.41. The van der Waals surface area contributed by atoms with E-state index in [0.29, 0.717) is 0 Å². The second-order valence-electron chi connectivity index (χ2n) is 2.56. The summed E-state index contributed by atoms with van der Waals surface area (Å²) >= 11 is 0. The van der Waals surface area contributed by atoms with Gasteiger partial charge in [-0.15, -0.1) is 0 Å². The Bertz CT molecular complexity index is 247. The van der Waals surface area contributed by atoms with E-state index >= 15 is 0 Å². The molecule has 0 amide bonds. The summed E-state index contributed by atoms with van der Waals surface area (Å²) in [5.74, 6) is -1.08. The first kappa shape index (κ1) is 12.4. The van der Waals surface area contributed by atoms with Crippen LogP contribution in [0, 0.1) is 0 Å². The standard InChI is InChI=1S/C7H13O5P/c1-6(7(8)9)4-3-5-13(10,11)12-2/h1,3-5H2,2H3,(H,8,9)(H,10,11). The fourth-order valence-corrected chi connectivity index (χ4v) is 1.43. The van der Waals surface area contributed by atoms with Crippen molar-refractivity contribution in [2.45, 2.75) is 12.8 Å². The Morgan fingerprint density at radius 3 is 2.54 bits per heavy atom. The van der Waals surface area contributed by atoms with Crippen molar-refractivity contribution in [3.8, 4) is 0 Å². The Morgan fingerprint density at radius 1 is 1.62 bits per heavy atom. The molecule has 13 heavy (non-hydrogen) atoms. The van der Waals surface area contributed by atoms with Gasteiger partial charge in [-0.2, -0.15) is 0 Å². The van der Waals surface area contributed by atoms with Gasteiger partial charge in [0.15, 0.2) is 0 Å². The first-order valence-electron chi connectivity index (χ1n) is 3.67. The van der Waals surface area contributed by atoms with Crippen molar-refractivity contribution < 1.29 is 23.9 Å². The van der Waals surface area contributed by atoms with Gasteiger partial charge in [0, 0.05) is 12.7 Å². The Morgan fingerprint density at radius 2 is 2.15 bits per heavy atom. The number of rotatable bonds is 6. The summed E-state index contributed by atoms with van der Waals surface area (Å²) in [7, 11) is -2.35. The van der Waals surface area contributed by atoms with Crippen LogP contribution in [-0.4, -0.2) is 29.2 Å². The van der Waals surface area contributed by atoms with Crippen LogP contribution in [-0.2, 0) is 13.9 Å². The van der Waals surface area contributed by atoms with Gasteiger partial charge < -0.3 is 14.5 Å². The molecule has 1 atom stereocenters. The molecule has 0 rings (SSSR count). The lowest BCUT2D eigenvalue weighted by molar-refractivity contribution is -0.132. The topological polar surface area (TPSA) is 83.8 Å². The van der Waals surface area contributed by atoms with Crippen molar-refractivity contribution in [2.75, 3.05) is 13.3 Å². The molecular weight excluding hydrogens is 195 g/mol. The average molecular weight is 208 g/mol. The van der Waals surface area contributed by atoms with Gasteiger partial charge in [-0.1, -0.05) is 6.58 Å². The van der Waals surface area contributed by atoms with Gasteiger partial charge in [0.25, 0.3) is 0 Å². The zero-order valence-corrected chi connectivity index (χ0v) is 8.29. The van der Waals surface area contributed by atoms with E-state index in [0.717, 1.165) is 7.11 Å². The van der Waals surface area contributed by atoms with Gasteiger partial charge in [0.05, 0.1) is 6.16 Å². The smallest absolute Gasteiger partial charge is 0.330 e. The molecule has 76 valence electrons. The molecule has 0 aromatic rings. The summed E-state index contributed by atoms with van der Waals surface area (Å²) in [6.45, 7) is 3.29. The second-order valence-corrected chi connectivity index (χ2v) is 4.64. The van der Waals surface area contributed by atoms with E-state index < -0.39 is 13.6 Å². The maximum absolute atomic E-state index is 10.9. The fraction of sp³-hybridized carbons (Fsp3) is 0.571. The molecule has 0 radical (unpaired) electrons. The molecule has 2 N–H and O–H groups in total. The van der Waals surface area contributed by atoms with Crippen LogP contribution in [0.5, 0.6) is 0 Å². The van der Waals surface area contributed by atoms with Crippen molar-refractivity contribution in [3.63, 3.8) is 0 Å². The van der Waals surface area contributed by atoms with E-state index in [1.54, 1.807) is 0 Å². The highest BCUT2D eigenvalue weighted by molar-refractivity contribution is 7.52. The van der Waals surface area contributed by atoms with Gasteiger partial charge in [0.2, 0.25) is 0 Å². The lowest BCUT2D eigenvalue weighted by atomic mass is 10.2. The van der Waals surface area contributed by atoms with Gasteiger partial charge >= 0.3 is 13.6 Å². The van der Waals surface area contributed by atoms with Crippen LogP contribution < -0.4 is 0 Å². The van der Waals surface area contributed by atoms with Crippen molar-refractivity contribution in [1.82, 2.24) is 0 Å². The van der Waals surface area contributed by atoms with Crippen molar-refractivity contribution >= 4 is 13.6 Å². The first-order chi connectivity index (χ1) is 5.89. The molecular formula is C7H13O5P. The lowest BCUT2D eigenvalue weighted by Crippen LogP contribution is -2.00. The SMILES string of the molecule is C=C(CCCP(=O)(O)OC)C(=O)O. The number of carboxylic acids is 1. The number of hydrogen-bond acceptors (Lipinski definition) is 3. The number of carboxylic acid groups (broad SMARTS) is 1. The predicted octanol–water partition coefficient (Wildman–Crippen LogP) is 1.24. The predicted molar refractivity (Wildman–Crippen MR) is 47.7 cm³/mol. The Labute approximate surface area is 76.6 Å². The van der Waals surface area contributed by atoms with Gasteiger partial charge in [-0.25, -0.2) is 4.79 Å². The highest BCUT2D eigenvalue weighted by Crippen LogP contribution is 2.41. The third kappa shape index (κ3) is 5.58. The van der Waals surface area contributed by atoms with E-state index in [9.17, 15) is 9.36 Å². The van der Waals surface area contributed by atoms with Crippen LogP contribution in [0.25, 0.3) is 0 Å². The largest absolute Gasteiger partial charge is 0.478 e. The number of carbonyl (C=O) groups is 1. The molecule has 0 heterocycles. The fourth-order valence-electron chi connectivity index (χ4n) is 0.690. The van der Waals surface area contributed by atoms with Crippen molar-refractivity contribution in [1.29, 1.82) is 0 Å². The van der Waals surface area contributed by atoms with Crippen molar-refractivity contribution in [3.05, 3.63) is 12.2 Å². The molecule has 1 unspecified atom stereocenters. The van der Waals surface area contributed by atoms with E-state index in [1.165, 1.54) is 0 Å². The molecule has 0 saturated carbocycles. The Balaban J connectivity index is 3.75. The zero-order valence-electron chi connectivity index (χ0n) is 7.39.